The summed E-state index contributed by atoms with van der Waals surface area (Å²) in [4.78, 5) is 0. The molecule has 0 aromatic rings. The third-order valence-electron chi connectivity index (χ3n) is 1.79. The fraction of sp³-hybridized carbons (Fsp3) is 1.00. The van der Waals surface area contributed by atoms with Crippen molar-refractivity contribution in [3.63, 3.8) is 0 Å². The third-order valence-corrected chi connectivity index (χ3v) is 1.79. The quantitative estimate of drug-likeness (QED) is 0.678. The topological polar surface area (TPSA) is 0 Å². The summed E-state index contributed by atoms with van der Waals surface area (Å²) in [5.74, 6) is -21.8. The van der Waals surface area contributed by atoms with Crippen LogP contribution in [-0.2, 0) is 0 Å². The fourth-order valence-corrected chi connectivity index (χ4v) is 0.719. The first kappa shape index (κ1) is 18.1. The van der Waals surface area contributed by atoms with Crippen molar-refractivity contribution < 1.29 is 57.1 Å². The van der Waals surface area contributed by atoms with E-state index in [0.717, 1.165) is 0 Å². The molecule has 13 heteroatoms. The van der Waals surface area contributed by atoms with Crippen molar-refractivity contribution in [1.29, 1.82) is 0 Å². The summed E-state index contributed by atoms with van der Waals surface area (Å²) >= 11 is 0. The van der Waals surface area contributed by atoms with Crippen LogP contribution in [0.3, 0.4) is 0 Å². The molecule has 1 unspecified atom stereocenters. The average Bonchev–Trinajstić information content (AvgIpc) is 2.12. The highest BCUT2D eigenvalue weighted by atomic mass is 19.4. The highest BCUT2D eigenvalue weighted by Crippen LogP contribution is 2.54. The van der Waals surface area contributed by atoms with E-state index >= 15 is 0 Å². The zero-order valence-electron chi connectivity index (χ0n) is 7.99. The molecule has 116 valence electrons. The van der Waals surface area contributed by atoms with Gasteiger partial charge >= 0.3 is 30.1 Å². The molecular formula is C6HF13. The predicted molar refractivity (Wildman–Crippen MR) is 31.8 cm³/mol. The van der Waals surface area contributed by atoms with E-state index in [-0.39, 0.29) is 0 Å². The molecule has 0 nitrogen and oxygen atoms in total. The van der Waals surface area contributed by atoms with Crippen LogP contribution in [0.5, 0.6) is 0 Å². The zero-order valence-corrected chi connectivity index (χ0v) is 7.99. The lowest BCUT2D eigenvalue weighted by molar-refractivity contribution is -0.398. The summed E-state index contributed by atoms with van der Waals surface area (Å²) in [5, 5.41) is 0. The van der Waals surface area contributed by atoms with Crippen molar-refractivity contribution in [2.24, 2.45) is 0 Å². The minimum absolute atomic E-state index is 6.11. The van der Waals surface area contributed by atoms with Crippen LogP contribution in [0.1, 0.15) is 0 Å². The molecule has 0 rings (SSSR count). The summed E-state index contributed by atoms with van der Waals surface area (Å²) in [5.41, 5.74) is 0. The van der Waals surface area contributed by atoms with Gasteiger partial charge in [-0.2, -0.15) is 52.7 Å². The van der Waals surface area contributed by atoms with Crippen molar-refractivity contribution in [3.05, 3.63) is 0 Å². The number of hydrogen-bond donors (Lipinski definition) is 0. The normalized spacial score (nSPS) is 17.5. The Balaban J connectivity index is 5.70. The van der Waals surface area contributed by atoms with E-state index in [1.165, 1.54) is 0 Å². The Hall–Kier alpha value is -0.910. The summed E-state index contributed by atoms with van der Waals surface area (Å²) in [6, 6.07) is 0. The molecule has 0 aromatic heterocycles. The van der Waals surface area contributed by atoms with Crippen LogP contribution in [-0.4, -0.2) is 36.3 Å². The fourth-order valence-electron chi connectivity index (χ4n) is 0.719. The van der Waals surface area contributed by atoms with Crippen LogP contribution in [0.2, 0.25) is 0 Å². The lowest BCUT2D eigenvalue weighted by atomic mass is 10.0. The van der Waals surface area contributed by atoms with E-state index in [9.17, 15) is 57.1 Å². The molecule has 0 fully saturated rings. The SMILES string of the molecule is FC(C(F)(F)C(F)(F)F)C(F)(F)C(F)(F)C(F)(F)F. The molecule has 0 radical (unpaired) electrons. The van der Waals surface area contributed by atoms with Crippen molar-refractivity contribution in [2.75, 3.05) is 0 Å². The van der Waals surface area contributed by atoms with Crippen LogP contribution in [0.15, 0.2) is 0 Å². The summed E-state index contributed by atoms with van der Waals surface area (Å²) in [6.45, 7) is 0. The van der Waals surface area contributed by atoms with E-state index in [4.69, 9.17) is 0 Å². The van der Waals surface area contributed by atoms with Gasteiger partial charge in [0.1, 0.15) is 0 Å². The Bertz CT molecular complexity index is 319. The number of rotatable bonds is 3. The highest BCUT2D eigenvalue weighted by molar-refractivity contribution is 5.03. The maximum atomic E-state index is 12.3. The summed E-state index contributed by atoms with van der Waals surface area (Å²) in [6.07, 6.45) is -20.4. The van der Waals surface area contributed by atoms with Gasteiger partial charge in [-0.1, -0.05) is 0 Å². The lowest BCUT2D eigenvalue weighted by Gasteiger charge is -2.34. The smallest absolute Gasteiger partial charge is 0.233 e. The summed E-state index contributed by atoms with van der Waals surface area (Å²) < 4.78 is 154. The highest BCUT2D eigenvalue weighted by Gasteiger charge is 2.82. The first-order valence-electron chi connectivity index (χ1n) is 3.81. The molecule has 1 atom stereocenters. The Morgan fingerprint density at radius 3 is 1.00 bits per heavy atom. The molecule has 0 saturated carbocycles. The van der Waals surface area contributed by atoms with Gasteiger partial charge in [-0.15, -0.1) is 0 Å². The van der Waals surface area contributed by atoms with Crippen molar-refractivity contribution in [3.8, 4) is 0 Å². The van der Waals surface area contributed by atoms with E-state index in [0.29, 0.717) is 0 Å². The molecule has 0 aliphatic heterocycles. The van der Waals surface area contributed by atoms with E-state index in [2.05, 4.69) is 0 Å². The second kappa shape index (κ2) is 4.30. The molecule has 0 heterocycles. The first-order chi connectivity index (χ1) is 7.90. The van der Waals surface area contributed by atoms with Gasteiger partial charge in [0, 0.05) is 0 Å². The maximum absolute atomic E-state index is 12.3. The summed E-state index contributed by atoms with van der Waals surface area (Å²) in [7, 11) is 0. The van der Waals surface area contributed by atoms with E-state index in [1.807, 2.05) is 0 Å². The molecular weight excluding hydrogens is 319 g/mol. The molecule has 0 aromatic carbocycles. The standard InChI is InChI=1S/C6HF13/c7-1(3(10,11)5(14,15)16)2(8,9)4(12,13)6(17,18)19/h1H. The van der Waals surface area contributed by atoms with Crippen molar-refractivity contribution in [2.45, 2.75) is 36.3 Å². The molecule has 0 aliphatic rings. The Labute approximate surface area is 94.7 Å². The zero-order chi connectivity index (χ0) is 16.1. The first-order valence-corrected chi connectivity index (χ1v) is 3.81. The molecule has 0 aliphatic carbocycles. The minimum atomic E-state index is -7.41. The third kappa shape index (κ3) is 2.68. The second-order valence-electron chi connectivity index (χ2n) is 3.18. The van der Waals surface area contributed by atoms with E-state index < -0.39 is 36.3 Å². The molecule has 0 saturated heterocycles. The largest absolute Gasteiger partial charge is 0.459 e. The van der Waals surface area contributed by atoms with Gasteiger partial charge in [0.2, 0.25) is 6.17 Å². The van der Waals surface area contributed by atoms with Crippen LogP contribution < -0.4 is 0 Å². The van der Waals surface area contributed by atoms with Gasteiger partial charge in [0.25, 0.3) is 0 Å². The Morgan fingerprint density at radius 2 is 0.789 bits per heavy atom. The van der Waals surface area contributed by atoms with Gasteiger partial charge in [-0.25, -0.2) is 4.39 Å². The molecule has 0 amide bonds. The van der Waals surface area contributed by atoms with Gasteiger partial charge in [-0.3, -0.25) is 0 Å². The maximum Gasteiger partial charge on any atom is 0.459 e. The number of hydrogen-bond acceptors (Lipinski definition) is 0. The van der Waals surface area contributed by atoms with Gasteiger partial charge in [0.15, 0.2) is 0 Å². The van der Waals surface area contributed by atoms with Gasteiger partial charge in [0.05, 0.1) is 0 Å². The predicted octanol–water partition coefficient (Wildman–Crippen LogP) is 4.36. The number of alkyl halides is 13. The molecule has 0 bridgehead atoms. The van der Waals surface area contributed by atoms with Gasteiger partial charge < -0.3 is 0 Å². The van der Waals surface area contributed by atoms with Crippen LogP contribution in [0, 0.1) is 0 Å². The van der Waals surface area contributed by atoms with Crippen molar-refractivity contribution >= 4 is 0 Å². The van der Waals surface area contributed by atoms with E-state index in [1.54, 1.807) is 0 Å². The molecule has 19 heavy (non-hydrogen) atoms. The minimum Gasteiger partial charge on any atom is -0.233 e. The van der Waals surface area contributed by atoms with Crippen molar-refractivity contribution in [1.82, 2.24) is 0 Å². The Morgan fingerprint density at radius 1 is 0.474 bits per heavy atom. The van der Waals surface area contributed by atoms with Crippen LogP contribution in [0.25, 0.3) is 0 Å². The van der Waals surface area contributed by atoms with Crippen LogP contribution in [0.4, 0.5) is 57.1 Å². The van der Waals surface area contributed by atoms with Crippen LogP contribution >= 0.6 is 0 Å². The van der Waals surface area contributed by atoms with Gasteiger partial charge in [-0.05, 0) is 0 Å². The second-order valence-corrected chi connectivity index (χ2v) is 3.18. The molecule has 0 spiro atoms. The number of halogens is 13. The molecule has 0 N–H and O–H groups in total. The lowest BCUT2D eigenvalue weighted by Crippen LogP contribution is -2.63. The Kier molecular flexibility index (Phi) is 4.09. The average molecular weight is 320 g/mol. The monoisotopic (exact) mass is 320 g/mol.